The summed E-state index contributed by atoms with van der Waals surface area (Å²) in [5.74, 6) is 0.839. The summed E-state index contributed by atoms with van der Waals surface area (Å²) in [6.45, 7) is 8.02. The molecule has 4 aromatic rings. The van der Waals surface area contributed by atoms with Crippen molar-refractivity contribution < 1.29 is 27.7 Å². The van der Waals surface area contributed by atoms with E-state index in [9.17, 15) is 9.35 Å². The van der Waals surface area contributed by atoms with E-state index in [1.54, 1.807) is 19.5 Å². The molecular weight excluding hydrogens is 478 g/mol. The van der Waals surface area contributed by atoms with Crippen molar-refractivity contribution in [2.24, 2.45) is 4.40 Å². The number of hydrogen-bond donors (Lipinski definition) is 0. The van der Waals surface area contributed by atoms with Gasteiger partial charge < -0.3 is 22.9 Å². The van der Waals surface area contributed by atoms with Gasteiger partial charge in [-0.3, -0.25) is 4.79 Å². The summed E-state index contributed by atoms with van der Waals surface area (Å²) >= 11 is -1.38. The first-order valence-electron chi connectivity index (χ1n) is 11.7. The lowest BCUT2D eigenvalue weighted by molar-refractivity contribution is -0.142. The van der Waals surface area contributed by atoms with E-state index < -0.39 is 16.1 Å². The first-order chi connectivity index (χ1) is 17.2. The van der Waals surface area contributed by atoms with Crippen molar-refractivity contribution in [2.75, 3.05) is 6.61 Å². The highest BCUT2D eigenvalue weighted by Crippen LogP contribution is 2.33. The van der Waals surface area contributed by atoms with Gasteiger partial charge in [0.1, 0.15) is 46.0 Å². The number of carbonyl (C=O) groups is 1. The Morgan fingerprint density at radius 1 is 1.14 bits per heavy atom. The summed E-state index contributed by atoms with van der Waals surface area (Å²) in [5.41, 5.74) is 4.07. The quantitative estimate of drug-likeness (QED) is 0.151. The Balaban J connectivity index is 1.56. The van der Waals surface area contributed by atoms with E-state index in [4.69, 9.17) is 18.3 Å². The van der Waals surface area contributed by atoms with Gasteiger partial charge in [-0.05, 0) is 63.6 Å². The fourth-order valence-corrected chi connectivity index (χ4v) is 4.10. The minimum Gasteiger partial charge on any atom is -0.591 e. The number of esters is 1. The van der Waals surface area contributed by atoms with Crippen LogP contribution in [-0.2, 0) is 33.9 Å². The second-order valence-corrected chi connectivity index (χ2v) is 11.1. The molecule has 0 aliphatic heterocycles. The number of para-hydroxylation sites is 1. The van der Waals surface area contributed by atoms with Gasteiger partial charge in [0, 0.05) is 22.1 Å². The zero-order valence-corrected chi connectivity index (χ0v) is 21.6. The number of benzene rings is 2. The van der Waals surface area contributed by atoms with Gasteiger partial charge in [-0.2, -0.15) is 0 Å². The van der Waals surface area contributed by atoms with Crippen LogP contribution in [0.1, 0.15) is 44.6 Å². The van der Waals surface area contributed by atoms with Gasteiger partial charge in [0.2, 0.25) is 0 Å². The van der Waals surface area contributed by atoms with Gasteiger partial charge in [0.15, 0.2) is 0 Å². The van der Waals surface area contributed by atoms with Gasteiger partial charge in [0.25, 0.3) is 0 Å². The molecule has 188 valence electrons. The van der Waals surface area contributed by atoms with Crippen molar-refractivity contribution in [3.63, 3.8) is 0 Å². The molecule has 0 N–H and O–H groups in total. The summed E-state index contributed by atoms with van der Waals surface area (Å²) < 4.78 is 38.5. The molecule has 2 heterocycles. The summed E-state index contributed by atoms with van der Waals surface area (Å²) in [4.78, 5) is 12.0. The topological polar surface area (TPSA) is 97.2 Å². The van der Waals surface area contributed by atoms with Gasteiger partial charge in [-0.15, -0.1) is 0 Å². The largest absolute Gasteiger partial charge is 0.591 e. The number of fused-ring (bicyclic) bond motifs is 1. The molecule has 0 aliphatic rings. The molecule has 0 amide bonds. The minimum absolute atomic E-state index is 0.148. The Hall–Kier alpha value is -3.49. The third-order valence-electron chi connectivity index (χ3n) is 5.35. The normalized spacial score (nSPS) is 12.8. The van der Waals surface area contributed by atoms with Gasteiger partial charge >= 0.3 is 5.97 Å². The summed E-state index contributed by atoms with van der Waals surface area (Å²) in [6.07, 6.45) is 4.90. The van der Waals surface area contributed by atoms with Crippen LogP contribution < -0.4 is 4.74 Å². The lowest BCUT2D eigenvalue weighted by Crippen LogP contribution is -2.25. The molecular formula is C28H29NO6S. The number of hydrogen-bond acceptors (Lipinski definition) is 7. The fraction of sp³-hybridized carbons (Fsp3) is 0.286. The molecule has 0 spiro atoms. The Labute approximate surface area is 213 Å². The summed E-state index contributed by atoms with van der Waals surface area (Å²) in [5, 5.41) is 0.927. The third-order valence-corrected chi connectivity index (χ3v) is 6.69. The number of rotatable bonds is 9. The predicted octanol–water partition coefficient (Wildman–Crippen LogP) is 6.26. The molecule has 0 aliphatic carbocycles. The van der Waals surface area contributed by atoms with Gasteiger partial charge in [-0.1, -0.05) is 22.6 Å². The molecule has 2 aromatic heterocycles. The lowest BCUT2D eigenvalue weighted by Gasteiger charge is -2.17. The molecule has 0 fully saturated rings. The van der Waals surface area contributed by atoms with E-state index in [2.05, 4.69) is 4.40 Å². The van der Waals surface area contributed by atoms with Crippen molar-refractivity contribution in [3.8, 4) is 16.9 Å². The monoisotopic (exact) mass is 507 g/mol. The molecule has 8 heteroatoms. The minimum atomic E-state index is -1.38. The Morgan fingerprint density at radius 2 is 1.94 bits per heavy atom. The van der Waals surface area contributed by atoms with Gasteiger partial charge in [0.05, 0.1) is 25.6 Å². The molecule has 2 aromatic carbocycles. The Bertz CT molecular complexity index is 1360. The van der Waals surface area contributed by atoms with Crippen LogP contribution in [0.5, 0.6) is 5.75 Å². The highest BCUT2D eigenvalue weighted by atomic mass is 32.2. The molecule has 0 radical (unpaired) electrons. The van der Waals surface area contributed by atoms with Crippen LogP contribution in [0.25, 0.3) is 22.1 Å². The van der Waals surface area contributed by atoms with Crippen molar-refractivity contribution in [2.45, 2.75) is 45.5 Å². The number of nitrogens with zero attached hydrogens (tertiary/aromatic N) is 1. The van der Waals surface area contributed by atoms with Crippen molar-refractivity contribution >= 4 is 34.5 Å². The molecule has 0 saturated carbocycles. The SMILES string of the molecule is CCOC(=O)Cc1ccccc1OCc1cc(-c2coc(/C=N\[S@@+]([O-])C(C)(C)C)c2)c2occc2c1. The third kappa shape index (κ3) is 6.19. The predicted molar refractivity (Wildman–Crippen MR) is 141 cm³/mol. The molecule has 4 rings (SSSR count). The van der Waals surface area contributed by atoms with Crippen LogP contribution >= 0.6 is 0 Å². The summed E-state index contributed by atoms with van der Waals surface area (Å²) in [6, 6.07) is 15.2. The van der Waals surface area contributed by atoms with E-state index >= 15 is 0 Å². The molecule has 7 nitrogen and oxygen atoms in total. The molecule has 0 saturated heterocycles. The molecule has 1 atom stereocenters. The average molecular weight is 508 g/mol. The molecule has 36 heavy (non-hydrogen) atoms. The zero-order chi connectivity index (χ0) is 25.7. The molecule has 0 bridgehead atoms. The summed E-state index contributed by atoms with van der Waals surface area (Å²) in [7, 11) is 0. The first-order valence-corrected chi connectivity index (χ1v) is 12.8. The van der Waals surface area contributed by atoms with E-state index in [0.29, 0.717) is 24.7 Å². The highest BCUT2D eigenvalue weighted by molar-refractivity contribution is 7.91. The lowest BCUT2D eigenvalue weighted by atomic mass is 10.0. The van der Waals surface area contributed by atoms with Crippen LogP contribution in [0.15, 0.2) is 74.3 Å². The van der Waals surface area contributed by atoms with Crippen LogP contribution in [0.2, 0.25) is 0 Å². The standard InChI is InChI=1S/C28H29NO6S/c1-5-32-26(30)15-20-8-6-7-9-25(20)35-17-19-12-21-10-11-33-27(21)24(13-19)22-14-23(34-18-22)16-29-36(31)28(2,3)4/h6-14,16,18H,5,15,17H2,1-4H3/b29-16-/t36-/m0/s1. The van der Waals surface area contributed by atoms with Gasteiger partial charge in [-0.25, -0.2) is 0 Å². The van der Waals surface area contributed by atoms with Crippen LogP contribution in [0, 0.1) is 0 Å². The van der Waals surface area contributed by atoms with E-state index in [0.717, 1.165) is 33.2 Å². The maximum Gasteiger partial charge on any atom is 0.310 e. The van der Waals surface area contributed by atoms with E-state index in [1.807, 2.05) is 69.3 Å². The maximum absolute atomic E-state index is 12.2. The zero-order valence-electron chi connectivity index (χ0n) is 20.8. The van der Waals surface area contributed by atoms with Crippen LogP contribution in [-0.4, -0.2) is 28.1 Å². The van der Waals surface area contributed by atoms with Crippen molar-refractivity contribution in [3.05, 3.63) is 77.9 Å². The van der Waals surface area contributed by atoms with E-state index in [1.165, 1.54) is 6.21 Å². The number of ether oxygens (including phenoxy) is 2. The van der Waals surface area contributed by atoms with Crippen molar-refractivity contribution in [1.29, 1.82) is 0 Å². The Kier molecular flexibility index (Phi) is 7.86. The first kappa shape index (κ1) is 25.6. The van der Waals surface area contributed by atoms with Crippen molar-refractivity contribution in [1.82, 2.24) is 0 Å². The second kappa shape index (κ2) is 11.1. The fourth-order valence-electron chi connectivity index (χ4n) is 3.58. The number of carbonyl (C=O) groups excluding carboxylic acids is 1. The molecule has 0 unspecified atom stereocenters. The highest BCUT2D eigenvalue weighted by Gasteiger charge is 2.26. The maximum atomic E-state index is 12.2. The van der Waals surface area contributed by atoms with E-state index in [-0.39, 0.29) is 12.4 Å². The smallest absolute Gasteiger partial charge is 0.310 e. The van der Waals surface area contributed by atoms with Crippen LogP contribution in [0.3, 0.4) is 0 Å². The van der Waals surface area contributed by atoms with Crippen LogP contribution in [0.4, 0.5) is 0 Å². The average Bonchev–Trinajstić information content (AvgIpc) is 3.50. The number of furan rings is 2. The second-order valence-electron chi connectivity index (χ2n) is 9.19. The Morgan fingerprint density at radius 3 is 2.72 bits per heavy atom.